The Morgan fingerprint density at radius 3 is 2.60 bits per heavy atom. The van der Waals surface area contributed by atoms with Gasteiger partial charge in [-0.1, -0.05) is 6.07 Å². The Labute approximate surface area is 156 Å². The number of hydrogen-bond acceptors (Lipinski definition) is 4. The zero-order valence-electron chi connectivity index (χ0n) is 14.9. The summed E-state index contributed by atoms with van der Waals surface area (Å²) in [5, 5.41) is 6.16. The number of benzene rings is 1. The van der Waals surface area contributed by atoms with Crippen LogP contribution in [0.5, 0.6) is 11.5 Å². The van der Waals surface area contributed by atoms with Crippen LogP contribution in [0, 0.1) is 5.92 Å². The maximum atomic E-state index is 11.9. The van der Waals surface area contributed by atoms with Crippen LogP contribution in [0.25, 0.3) is 0 Å². The lowest BCUT2D eigenvalue weighted by Gasteiger charge is -2.17. The van der Waals surface area contributed by atoms with Gasteiger partial charge < -0.3 is 20.1 Å². The molecule has 2 aliphatic carbocycles. The molecular weight excluding hydrogens is 340 g/mol. The summed E-state index contributed by atoms with van der Waals surface area (Å²) in [4.78, 5) is 11.9. The Balaban J connectivity index is 0.00000225. The van der Waals surface area contributed by atoms with Gasteiger partial charge in [0.15, 0.2) is 11.5 Å². The topological polar surface area (TPSA) is 59.6 Å². The Morgan fingerprint density at radius 2 is 1.92 bits per heavy atom. The van der Waals surface area contributed by atoms with Gasteiger partial charge in [0.25, 0.3) is 0 Å². The molecule has 0 radical (unpaired) electrons. The lowest BCUT2D eigenvalue weighted by molar-refractivity contribution is -0.120. The molecular formula is C19H29ClN2O3. The number of methoxy groups -OCH3 is 1. The van der Waals surface area contributed by atoms with Crippen molar-refractivity contribution in [3.63, 3.8) is 0 Å². The number of amides is 1. The smallest absolute Gasteiger partial charge is 0.234 e. The predicted octanol–water partition coefficient (Wildman–Crippen LogP) is 3.05. The minimum Gasteiger partial charge on any atom is -0.493 e. The molecule has 5 nitrogen and oxygen atoms in total. The van der Waals surface area contributed by atoms with Gasteiger partial charge in [-0.2, -0.15) is 0 Å². The fraction of sp³-hybridized carbons (Fsp3) is 0.632. The molecule has 0 heterocycles. The molecule has 25 heavy (non-hydrogen) atoms. The average molecular weight is 369 g/mol. The summed E-state index contributed by atoms with van der Waals surface area (Å²) < 4.78 is 11.5. The zero-order valence-corrected chi connectivity index (χ0v) is 15.7. The maximum Gasteiger partial charge on any atom is 0.234 e. The number of carbonyl (C=O) groups is 1. The molecule has 1 amide bonds. The predicted molar refractivity (Wildman–Crippen MR) is 101 cm³/mol. The molecule has 0 unspecified atom stereocenters. The van der Waals surface area contributed by atoms with Gasteiger partial charge in [-0.05, 0) is 68.7 Å². The van der Waals surface area contributed by atoms with Crippen molar-refractivity contribution in [1.82, 2.24) is 10.6 Å². The van der Waals surface area contributed by atoms with Gasteiger partial charge in [-0.15, -0.1) is 12.4 Å². The molecule has 0 aliphatic heterocycles. The molecule has 0 aromatic heterocycles. The number of carbonyl (C=O) groups excluding carboxylic acids is 1. The van der Waals surface area contributed by atoms with Crippen molar-refractivity contribution in [3.05, 3.63) is 23.8 Å². The van der Waals surface area contributed by atoms with E-state index in [9.17, 15) is 4.79 Å². The summed E-state index contributed by atoms with van der Waals surface area (Å²) in [6.45, 7) is 1.85. The minimum absolute atomic E-state index is 0. The summed E-state index contributed by atoms with van der Waals surface area (Å²) in [7, 11) is 1.66. The molecule has 3 rings (SSSR count). The van der Waals surface area contributed by atoms with Gasteiger partial charge in [0.2, 0.25) is 5.91 Å². The second-order valence-electron chi connectivity index (χ2n) is 6.86. The van der Waals surface area contributed by atoms with E-state index in [0.717, 1.165) is 42.4 Å². The van der Waals surface area contributed by atoms with Crippen molar-refractivity contribution in [2.75, 3.05) is 20.2 Å². The van der Waals surface area contributed by atoms with Crippen LogP contribution >= 0.6 is 12.4 Å². The number of rotatable bonds is 9. The lowest BCUT2D eigenvalue weighted by atomic mass is 10.2. The number of nitrogens with one attached hydrogen (secondary N) is 2. The van der Waals surface area contributed by atoms with Crippen molar-refractivity contribution >= 4 is 18.3 Å². The third-order valence-electron chi connectivity index (χ3n) is 4.73. The van der Waals surface area contributed by atoms with Crippen LogP contribution in [-0.2, 0) is 11.3 Å². The molecule has 1 aromatic carbocycles. The van der Waals surface area contributed by atoms with E-state index >= 15 is 0 Å². The van der Waals surface area contributed by atoms with Crippen LogP contribution in [0.3, 0.4) is 0 Å². The monoisotopic (exact) mass is 368 g/mol. The number of hydrogen-bond donors (Lipinski definition) is 2. The van der Waals surface area contributed by atoms with E-state index in [4.69, 9.17) is 9.47 Å². The first-order chi connectivity index (χ1) is 11.7. The summed E-state index contributed by atoms with van der Waals surface area (Å²) >= 11 is 0. The summed E-state index contributed by atoms with van der Waals surface area (Å²) in [5.74, 6) is 2.35. The molecule has 0 atom stereocenters. The second-order valence-corrected chi connectivity index (χ2v) is 6.86. The third-order valence-corrected chi connectivity index (χ3v) is 4.73. The van der Waals surface area contributed by atoms with Crippen LogP contribution in [0.1, 0.15) is 44.1 Å². The molecule has 140 valence electrons. The molecule has 2 N–H and O–H groups in total. The lowest BCUT2D eigenvalue weighted by Crippen LogP contribution is -2.34. The molecule has 0 saturated heterocycles. The van der Waals surface area contributed by atoms with E-state index in [1.54, 1.807) is 7.11 Å². The van der Waals surface area contributed by atoms with Gasteiger partial charge in [0.05, 0.1) is 19.8 Å². The van der Waals surface area contributed by atoms with Gasteiger partial charge >= 0.3 is 0 Å². The Bertz CT molecular complexity index is 558. The van der Waals surface area contributed by atoms with Crippen LogP contribution in [0.2, 0.25) is 0 Å². The first kappa shape index (κ1) is 19.9. The number of ether oxygens (including phenoxy) is 2. The first-order valence-corrected chi connectivity index (χ1v) is 9.05. The SMILES string of the molecule is COc1ccc(CNC(=O)CNCC2CC2)cc1OC1CCCC1.Cl. The zero-order chi connectivity index (χ0) is 16.8. The van der Waals surface area contributed by atoms with E-state index in [1.165, 1.54) is 25.7 Å². The summed E-state index contributed by atoms with van der Waals surface area (Å²) in [6, 6.07) is 5.87. The van der Waals surface area contributed by atoms with E-state index in [0.29, 0.717) is 13.1 Å². The molecule has 6 heteroatoms. The Kier molecular flexibility index (Phi) is 7.85. The van der Waals surface area contributed by atoms with E-state index < -0.39 is 0 Å². The fourth-order valence-electron chi connectivity index (χ4n) is 3.08. The molecule has 0 spiro atoms. The molecule has 2 fully saturated rings. The molecule has 2 saturated carbocycles. The van der Waals surface area contributed by atoms with Crippen molar-refractivity contribution in [3.8, 4) is 11.5 Å². The van der Waals surface area contributed by atoms with E-state index in [2.05, 4.69) is 10.6 Å². The average Bonchev–Trinajstić information content (AvgIpc) is 3.27. The van der Waals surface area contributed by atoms with Crippen molar-refractivity contribution < 1.29 is 14.3 Å². The standard InChI is InChI=1S/C19H28N2O3.ClH/c1-23-17-9-8-15(10-18(17)24-16-4-2-3-5-16)12-21-19(22)13-20-11-14-6-7-14;/h8-10,14,16,20H,2-7,11-13H2,1H3,(H,21,22);1H. The van der Waals surface area contributed by atoms with Gasteiger partial charge in [0.1, 0.15) is 0 Å². The summed E-state index contributed by atoms with van der Waals surface area (Å²) in [5.41, 5.74) is 1.03. The summed E-state index contributed by atoms with van der Waals surface area (Å²) in [6.07, 6.45) is 7.56. The highest BCUT2D eigenvalue weighted by molar-refractivity contribution is 5.85. The van der Waals surface area contributed by atoms with Gasteiger partial charge in [-0.25, -0.2) is 0 Å². The second kappa shape index (κ2) is 9.88. The minimum atomic E-state index is 0. The highest BCUT2D eigenvalue weighted by Crippen LogP contribution is 2.32. The Hall–Kier alpha value is -1.46. The van der Waals surface area contributed by atoms with Crippen LogP contribution in [-0.4, -0.2) is 32.2 Å². The first-order valence-electron chi connectivity index (χ1n) is 9.05. The van der Waals surface area contributed by atoms with E-state index in [-0.39, 0.29) is 24.4 Å². The van der Waals surface area contributed by atoms with Crippen LogP contribution in [0.15, 0.2) is 18.2 Å². The van der Waals surface area contributed by atoms with Gasteiger partial charge in [-0.3, -0.25) is 4.79 Å². The van der Waals surface area contributed by atoms with Crippen molar-refractivity contribution in [2.45, 2.75) is 51.2 Å². The normalized spacial score (nSPS) is 17.0. The molecule has 1 aromatic rings. The van der Waals surface area contributed by atoms with Crippen molar-refractivity contribution in [2.24, 2.45) is 5.92 Å². The third kappa shape index (κ3) is 6.40. The van der Waals surface area contributed by atoms with Crippen molar-refractivity contribution in [1.29, 1.82) is 0 Å². The maximum absolute atomic E-state index is 11.9. The van der Waals surface area contributed by atoms with Crippen LogP contribution in [0.4, 0.5) is 0 Å². The fourth-order valence-corrected chi connectivity index (χ4v) is 3.08. The van der Waals surface area contributed by atoms with Crippen LogP contribution < -0.4 is 20.1 Å². The molecule has 0 bridgehead atoms. The van der Waals surface area contributed by atoms with E-state index in [1.807, 2.05) is 18.2 Å². The largest absolute Gasteiger partial charge is 0.493 e. The van der Waals surface area contributed by atoms with Gasteiger partial charge in [0, 0.05) is 6.54 Å². The Morgan fingerprint density at radius 1 is 1.16 bits per heavy atom. The highest BCUT2D eigenvalue weighted by Gasteiger charge is 2.21. The number of halogens is 1. The highest BCUT2D eigenvalue weighted by atomic mass is 35.5. The quantitative estimate of drug-likeness (QED) is 0.703. The molecule has 2 aliphatic rings.